The van der Waals surface area contributed by atoms with Crippen LogP contribution in [0.5, 0.6) is 0 Å². The molecule has 0 aromatic carbocycles. The summed E-state index contributed by atoms with van der Waals surface area (Å²) in [4.78, 5) is 25.0. The Bertz CT molecular complexity index is 526. The molecule has 1 aromatic heterocycles. The Kier molecular flexibility index (Phi) is 9.04. The van der Waals surface area contributed by atoms with E-state index in [9.17, 15) is 4.79 Å². The van der Waals surface area contributed by atoms with Crippen LogP contribution in [0.2, 0.25) is 0 Å². The van der Waals surface area contributed by atoms with Gasteiger partial charge in [0.1, 0.15) is 0 Å². The topological polar surface area (TPSA) is 124 Å². The lowest BCUT2D eigenvalue weighted by atomic mass is 10.4. The number of H-pyrrole nitrogens is 1. The minimum absolute atomic E-state index is 0.0885. The maximum absolute atomic E-state index is 10.8. The largest absolute Gasteiger partial charge is 0.364 e. The van der Waals surface area contributed by atoms with Crippen LogP contribution in [0, 0.1) is 0 Å². The molecule has 9 heteroatoms. The van der Waals surface area contributed by atoms with Crippen molar-refractivity contribution in [2.24, 2.45) is 26.1 Å². The van der Waals surface area contributed by atoms with Gasteiger partial charge in [-0.3, -0.25) is 9.80 Å². The molecule has 1 rings (SSSR count). The summed E-state index contributed by atoms with van der Waals surface area (Å²) in [6.07, 6.45) is 1.34. The van der Waals surface area contributed by atoms with Gasteiger partial charge in [-0.05, 0) is 27.7 Å². The number of aromatic nitrogens is 2. The molecule has 122 valence electrons. The first-order valence-corrected chi connectivity index (χ1v) is 6.80. The van der Waals surface area contributed by atoms with Crippen LogP contribution in [0.25, 0.3) is 0 Å². The van der Waals surface area contributed by atoms with E-state index >= 15 is 0 Å². The number of hydrogen-bond acceptors (Lipinski definition) is 6. The van der Waals surface area contributed by atoms with Crippen molar-refractivity contribution in [3.63, 3.8) is 0 Å². The second-order valence-corrected chi connectivity index (χ2v) is 5.05. The summed E-state index contributed by atoms with van der Waals surface area (Å²) in [6, 6.07) is 3.26. The van der Waals surface area contributed by atoms with Crippen LogP contribution in [0.1, 0.15) is 38.2 Å². The van der Waals surface area contributed by atoms with Crippen molar-refractivity contribution in [1.82, 2.24) is 15.0 Å². The van der Waals surface area contributed by atoms with Crippen LogP contribution < -0.4 is 5.73 Å². The fourth-order valence-electron chi connectivity index (χ4n) is 0.942. The second kappa shape index (κ2) is 10.2. The first-order chi connectivity index (χ1) is 10.2. The lowest BCUT2D eigenvalue weighted by Crippen LogP contribution is -2.11. The van der Waals surface area contributed by atoms with E-state index in [1.165, 1.54) is 11.3 Å². The molecule has 3 N–H and O–H groups in total. The Morgan fingerprint density at radius 1 is 1.27 bits per heavy atom. The van der Waals surface area contributed by atoms with Gasteiger partial charge in [0.25, 0.3) is 5.91 Å². The number of nitrogens with zero attached hydrogens (tertiary/aromatic N) is 6. The minimum Gasteiger partial charge on any atom is -0.364 e. The molecule has 0 unspecified atom stereocenters. The number of imidazole rings is 1. The first kappa shape index (κ1) is 19.5. The number of carbonyl (C=O) groups is 1. The Labute approximate surface area is 130 Å². The molecule has 0 fully saturated rings. The zero-order valence-electron chi connectivity index (χ0n) is 13.9. The molecule has 0 aliphatic rings. The number of nitrogens with one attached hydrogen (secondary N) is 1. The number of aromatic amines is 1. The molecule has 1 aromatic rings. The zero-order chi connectivity index (χ0) is 17.1. The van der Waals surface area contributed by atoms with Gasteiger partial charge < -0.3 is 10.7 Å². The monoisotopic (exact) mass is 308 g/mol. The van der Waals surface area contributed by atoms with Crippen LogP contribution in [0.3, 0.4) is 0 Å². The summed E-state index contributed by atoms with van der Waals surface area (Å²) in [7, 11) is 3.42. The summed E-state index contributed by atoms with van der Waals surface area (Å²) < 4.78 is 0. The van der Waals surface area contributed by atoms with E-state index in [2.05, 4.69) is 36.3 Å². The SMILES string of the molecule is CC(C)N=C=NC(C)C.CN(C)/N=N/c1[nH]cnc1C(N)=O. The molecule has 1 heterocycles. The molecule has 0 aliphatic heterocycles. The van der Waals surface area contributed by atoms with E-state index in [1.807, 2.05) is 27.7 Å². The molecule has 0 bridgehead atoms. The first-order valence-electron chi connectivity index (χ1n) is 6.80. The maximum Gasteiger partial charge on any atom is 0.271 e. The highest BCUT2D eigenvalue weighted by molar-refractivity contribution is 5.94. The average molecular weight is 308 g/mol. The number of aliphatic imine (C=N–C) groups is 2. The number of amides is 1. The quantitative estimate of drug-likeness (QED) is 0.491. The lowest BCUT2D eigenvalue weighted by molar-refractivity contribution is 0.0996. The minimum atomic E-state index is -0.631. The van der Waals surface area contributed by atoms with E-state index in [1.54, 1.807) is 14.1 Å². The Balaban J connectivity index is 0.000000433. The summed E-state index contributed by atoms with van der Waals surface area (Å²) in [6.45, 7) is 8.01. The van der Waals surface area contributed by atoms with Gasteiger partial charge >= 0.3 is 0 Å². The van der Waals surface area contributed by atoms with Crippen molar-refractivity contribution in [2.75, 3.05) is 14.1 Å². The summed E-state index contributed by atoms with van der Waals surface area (Å²) in [5.41, 5.74) is 5.12. The third-order valence-corrected chi connectivity index (χ3v) is 1.81. The summed E-state index contributed by atoms with van der Waals surface area (Å²) in [5.74, 6) is -0.366. The van der Waals surface area contributed by atoms with Crippen LogP contribution in [0.15, 0.2) is 26.6 Å². The fraction of sp³-hybridized carbons (Fsp3) is 0.615. The molecule has 0 saturated carbocycles. The molecule has 0 saturated heterocycles. The van der Waals surface area contributed by atoms with Crippen LogP contribution >= 0.6 is 0 Å². The van der Waals surface area contributed by atoms with Gasteiger partial charge in [-0.1, -0.05) is 5.22 Å². The van der Waals surface area contributed by atoms with Crippen LogP contribution in [0.4, 0.5) is 5.82 Å². The molecule has 0 spiro atoms. The zero-order valence-corrected chi connectivity index (χ0v) is 13.9. The van der Waals surface area contributed by atoms with Crippen molar-refractivity contribution >= 4 is 17.7 Å². The van der Waals surface area contributed by atoms with Crippen molar-refractivity contribution in [3.8, 4) is 0 Å². The van der Waals surface area contributed by atoms with Gasteiger partial charge in [-0.2, -0.15) is 0 Å². The van der Waals surface area contributed by atoms with E-state index in [4.69, 9.17) is 5.73 Å². The Hall–Kier alpha value is -2.54. The number of nitrogens with two attached hydrogens (primary N) is 1. The molecule has 0 aliphatic carbocycles. The lowest BCUT2D eigenvalue weighted by Gasteiger charge is -1.99. The Morgan fingerprint density at radius 3 is 2.23 bits per heavy atom. The molecule has 0 radical (unpaired) electrons. The van der Waals surface area contributed by atoms with Gasteiger partial charge in [0.2, 0.25) is 0 Å². The molecule has 9 nitrogen and oxygen atoms in total. The number of hydrogen-bond donors (Lipinski definition) is 2. The van der Waals surface area contributed by atoms with Crippen molar-refractivity contribution in [2.45, 2.75) is 39.8 Å². The summed E-state index contributed by atoms with van der Waals surface area (Å²) in [5, 5.41) is 8.90. The van der Waals surface area contributed by atoms with Crippen molar-refractivity contribution in [1.29, 1.82) is 0 Å². The number of carbonyl (C=O) groups excluding carboxylic acids is 1. The molecular weight excluding hydrogens is 284 g/mol. The predicted octanol–water partition coefficient (Wildman–Crippen LogP) is 2.05. The Morgan fingerprint density at radius 2 is 1.82 bits per heavy atom. The smallest absolute Gasteiger partial charge is 0.271 e. The highest BCUT2D eigenvalue weighted by atomic mass is 16.1. The van der Waals surface area contributed by atoms with Crippen LogP contribution in [-0.2, 0) is 0 Å². The fourth-order valence-corrected chi connectivity index (χ4v) is 0.942. The van der Waals surface area contributed by atoms with E-state index < -0.39 is 5.91 Å². The van der Waals surface area contributed by atoms with E-state index in [-0.39, 0.29) is 11.5 Å². The van der Waals surface area contributed by atoms with Crippen molar-refractivity contribution < 1.29 is 4.79 Å². The maximum atomic E-state index is 10.8. The second-order valence-electron chi connectivity index (χ2n) is 5.05. The van der Waals surface area contributed by atoms with Crippen molar-refractivity contribution in [3.05, 3.63) is 12.0 Å². The van der Waals surface area contributed by atoms with E-state index in [0.29, 0.717) is 12.1 Å². The van der Waals surface area contributed by atoms with Gasteiger partial charge in [0.05, 0.1) is 24.4 Å². The highest BCUT2D eigenvalue weighted by Crippen LogP contribution is 2.12. The van der Waals surface area contributed by atoms with Crippen LogP contribution in [-0.4, -0.2) is 53.1 Å². The standard InChI is InChI=1S/C7H14N2.C6H10N6O/c1-6(2)8-5-9-7(3)4;1-12(2)11-10-6-4(5(7)13)8-3-9-6/h6-7H,1-4H3;3H,1-2H3,(H2,7,13)(H,8,9)/b;11-10+. The van der Waals surface area contributed by atoms with Gasteiger partial charge in [0.15, 0.2) is 11.5 Å². The van der Waals surface area contributed by atoms with Gasteiger partial charge in [-0.15, -0.1) is 5.11 Å². The third-order valence-electron chi connectivity index (χ3n) is 1.81. The molecule has 0 atom stereocenters. The predicted molar refractivity (Wildman–Crippen MR) is 85.4 cm³/mol. The summed E-state index contributed by atoms with van der Waals surface area (Å²) >= 11 is 0. The number of rotatable bonds is 5. The molecule has 22 heavy (non-hydrogen) atoms. The third kappa shape index (κ3) is 9.38. The molecule has 1 amide bonds. The normalized spacial score (nSPS) is 10.2. The van der Waals surface area contributed by atoms with Gasteiger partial charge in [0, 0.05) is 14.1 Å². The van der Waals surface area contributed by atoms with E-state index in [0.717, 1.165) is 0 Å². The number of primary amides is 1. The average Bonchev–Trinajstić information content (AvgIpc) is 2.84. The van der Waals surface area contributed by atoms with Gasteiger partial charge in [-0.25, -0.2) is 15.0 Å². The highest BCUT2D eigenvalue weighted by Gasteiger charge is 2.09. The molecular formula is C13H24N8O.